The molecule has 1 aromatic carbocycles. The Labute approximate surface area is 102 Å². The van der Waals surface area contributed by atoms with Gasteiger partial charge in [0.25, 0.3) is 0 Å². The molecule has 2 rings (SSSR count). The van der Waals surface area contributed by atoms with E-state index in [1.54, 1.807) is 25.1 Å². The molecular formula is C12H18N2O2S. The third-order valence-corrected chi connectivity index (χ3v) is 4.92. The van der Waals surface area contributed by atoms with Crippen LogP contribution in [0, 0.1) is 12.3 Å². The van der Waals surface area contributed by atoms with E-state index in [4.69, 9.17) is 5.73 Å². The Kier molecular flexibility index (Phi) is 2.91. The number of benzene rings is 1. The van der Waals surface area contributed by atoms with Crippen LogP contribution >= 0.6 is 0 Å². The van der Waals surface area contributed by atoms with E-state index in [1.165, 1.54) is 0 Å². The zero-order valence-corrected chi connectivity index (χ0v) is 11.0. The Morgan fingerprint density at radius 2 is 2.06 bits per heavy atom. The van der Waals surface area contributed by atoms with Crippen molar-refractivity contribution in [3.8, 4) is 0 Å². The third kappa shape index (κ3) is 2.61. The summed E-state index contributed by atoms with van der Waals surface area (Å²) in [5.74, 6) is 0. The van der Waals surface area contributed by atoms with Crippen molar-refractivity contribution in [1.29, 1.82) is 0 Å². The zero-order chi connectivity index (χ0) is 12.7. The fourth-order valence-electron chi connectivity index (χ4n) is 1.77. The molecule has 4 nitrogen and oxygen atoms in total. The minimum atomic E-state index is -3.49. The first-order valence-corrected chi connectivity index (χ1v) is 7.17. The number of sulfonamides is 1. The molecule has 0 aliphatic heterocycles. The maximum atomic E-state index is 12.2. The summed E-state index contributed by atoms with van der Waals surface area (Å²) in [6.07, 6.45) is 2.16. The van der Waals surface area contributed by atoms with Gasteiger partial charge in [0, 0.05) is 6.54 Å². The minimum Gasteiger partial charge on any atom is -0.398 e. The Balaban J connectivity index is 2.25. The fraction of sp³-hybridized carbons (Fsp3) is 0.500. The molecule has 0 unspecified atom stereocenters. The van der Waals surface area contributed by atoms with Crippen LogP contribution in [0.3, 0.4) is 0 Å². The monoisotopic (exact) mass is 254 g/mol. The Morgan fingerprint density at radius 3 is 2.59 bits per heavy atom. The molecule has 1 aliphatic carbocycles. The lowest BCUT2D eigenvalue weighted by Gasteiger charge is -2.14. The Bertz CT molecular complexity index is 513. The van der Waals surface area contributed by atoms with Crippen LogP contribution in [0.15, 0.2) is 23.1 Å². The van der Waals surface area contributed by atoms with Crippen LogP contribution in [0.1, 0.15) is 25.3 Å². The van der Waals surface area contributed by atoms with Gasteiger partial charge in [-0.05, 0) is 36.8 Å². The maximum absolute atomic E-state index is 12.2. The molecule has 0 aromatic heterocycles. The summed E-state index contributed by atoms with van der Waals surface area (Å²) in [6, 6.07) is 5.12. The molecule has 0 spiro atoms. The van der Waals surface area contributed by atoms with Crippen molar-refractivity contribution in [2.45, 2.75) is 31.6 Å². The van der Waals surface area contributed by atoms with Crippen molar-refractivity contribution in [2.24, 2.45) is 5.41 Å². The molecule has 0 radical (unpaired) electrons. The van der Waals surface area contributed by atoms with Gasteiger partial charge in [0.2, 0.25) is 10.0 Å². The van der Waals surface area contributed by atoms with E-state index in [0.29, 0.717) is 17.8 Å². The lowest BCUT2D eigenvalue weighted by atomic mass is 10.2. The van der Waals surface area contributed by atoms with Crippen molar-refractivity contribution in [3.05, 3.63) is 23.8 Å². The number of aryl methyl sites for hydroxylation is 1. The van der Waals surface area contributed by atoms with E-state index in [-0.39, 0.29) is 10.3 Å². The van der Waals surface area contributed by atoms with Crippen molar-refractivity contribution in [1.82, 2.24) is 4.72 Å². The lowest BCUT2D eigenvalue weighted by Crippen LogP contribution is -2.30. The molecule has 94 valence electrons. The SMILES string of the molecule is Cc1cccc(N)c1S(=O)(=O)NCC1(C)CC1. The van der Waals surface area contributed by atoms with Gasteiger partial charge in [-0.1, -0.05) is 19.1 Å². The van der Waals surface area contributed by atoms with Gasteiger partial charge in [-0.3, -0.25) is 0 Å². The van der Waals surface area contributed by atoms with Crippen molar-refractivity contribution < 1.29 is 8.42 Å². The van der Waals surface area contributed by atoms with E-state index in [9.17, 15) is 8.42 Å². The molecule has 5 heteroatoms. The number of nitrogen functional groups attached to an aromatic ring is 1. The molecule has 0 bridgehead atoms. The van der Waals surface area contributed by atoms with Crippen LogP contribution in [0.2, 0.25) is 0 Å². The van der Waals surface area contributed by atoms with Crippen molar-refractivity contribution in [3.63, 3.8) is 0 Å². The van der Waals surface area contributed by atoms with Gasteiger partial charge in [-0.15, -0.1) is 0 Å². The summed E-state index contributed by atoms with van der Waals surface area (Å²) in [6.45, 7) is 4.32. The predicted octanol–water partition coefficient (Wildman–Crippen LogP) is 1.66. The summed E-state index contributed by atoms with van der Waals surface area (Å²) in [4.78, 5) is 0.212. The number of hydrogen-bond donors (Lipinski definition) is 2. The van der Waals surface area contributed by atoms with Gasteiger partial charge < -0.3 is 5.73 Å². The van der Waals surface area contributed by atoms with E-state index >= 15 is 0 Å². The van der Waals surface area contributed by atoms with Crippen LogP contribution < -0.4 is 10.5 Å². The van der Waals surface area contributed by atoms with Gasteiger partial charge in [0.15, 0.2) is 0 Å². The first kappa shape index (κ1) is 12.4. The molecule has 1 fully saturated rings. The van der Waals surface area contributed by atoms with Crippen molar-refractivity contribution >= 4 is 15.7 Å². The average molecular weight is 254 g/mol. The summed E-state index contributed by atoms with van der Waals surface area (Å²) in [5, 5.41) is 0. The summed E-state index contributed by atoms with van der Waals surface area (Å²) >= 11 is 0. The van der Waals surface area contributed by atoms with Crippen LogP contribution in [-0.4, -0.2) is 15.0 Å². The first-order chi connectivity index (χ1) is 7.84. The summed E-state index contributed by atoms with van der Waals surface area (Å²) < 4.78 is 27.0. The molecule has 0 saturated heterocycles. The molecule has 0 heterocycles. The second-order valence-corrected chi connectivity index (χ2v) is 6.83. The van der Waals surface area contributed by atoms with Crippen molar-refractivity contribution in [2.75, 3.05) is 12.3 Å². The van der Waals surface area contributed by atoms with Gasteiger partial charge >= 0.3 is 0 Å². The molecule has 1 aliphatic rings. The maximum Gasteiger partial charge on any atom is 0.242 e. The van der Waals surface area contributed by atoms with Gasteiger partial charge in [-0.2, -0.15) is 0 Å². The quantitative estimate of drug-likeness (QED) is 0.803. The number of hydrogen-bond acceptors (Lipinski definition) is 3. The molecule has 3 N–H and O–H groups in total. The lowest BCUT2D eigenvalue weighted by molar-refractivity contribution is 0.530. The van der Waals surface area contributed by atoms with Gasteiger partial charge in [0.05, 0.1) is 5.69 Å². The largest absolute Gasteiger partial charge is 0.398 e. The number of rotatable bonds is 4. The molecule has 0 atom stereocenters. The van der Waals surface area contributed by atoms with Crippen LogP contribution in [0.5, 0.6) is 0 Å². The second kappa shape index (κ2) is 3.99. The highest BCUT2D eigenvalue weighted by Gasteiger charge is 2.38. The average Bonchev–Trinajstić information content (AvgIpc) is 2.94. The van der Waals surface area contributed by atoms with Crippen LogP contribution in [0.4, 0.5) is 5.69 Å². The summed E-state index contributed by atoms with van der Waals surface area (Å²) in [5.41, 5.74) is 6.87. The number of anilines is 1. The normalized spacial score (nSPS) is 18.0. The van der Waals surface area contributed by atoms with E-state index < -0.39 is 10.0 Å². The topological polar surface area (TPSA) is 72.2 Å². The summed E-state index contributed by atoms with van der Waals surface area (Å²) in [7, 11) is -3.49. The molecule has 17 heavy (non-hydrogen) atoms. The van der Waals surface area contributed by atoms with Crippen LogP contribution in [0.25, 0.3) is 0 Å². The Hall–Kier alpha value is -1.07. The molecule has 1 saturated carbocycles. The number of nitrogens with one attached hydrogen (secondary N) is 1. The van der Waals surface area contributed by atoms with E-state index in [0.717, 1.165) is 12.8 Å². The molecule has 0 amide bonds. The fourth-order valence-corrected chi connectivity index (χ4v) is 3.33. The Morgan fingerprint density at radius 1 is 1.41 bits per heavy atom. The second-order valence-electron chi connectivity index (χ2n) is 5.13. The standard InChI is InChI=1S/C12H18N2O2S/c1-9-4-3-5-10(13)11(9)17(15,16)14-8-12(2)6-7-12/h3-5,14H,6-8,13H2,1-2H3. The van der Waals surface area contributed by atoms with Crippen LogP contribution in [-0.2, 0) is 10.0 Å². The first-order valence-electron chi connectivity index (χ1n) is 5.69. The molecular weight excluding hydrogens is 236 g/mol. The highest BCUT2D eigenvalue weighted by atomic mass is 32.2. The molecule has 1 aromatic rings. The smallest absolute Gasteiger partial charge is 0.242 e. The van der Waals surface area contributed by atoms with Gasteiger partial charge in [0.1, 0.15) is 4.90 Å². The van der Waals surface area contributed by atoms with Gasteiger partial charge in [-0.25, -0.2) is 13.1 Å². The highest BCUT2D eigenvalue weighted by Crippen LogP contribution is 2.44. The van der Waals surface area contributed by atoms with E-state index in [1.807, 2.05) is 0 Å². The third-order valence-electron chi connectivity index (χ3n) is 3.30. The van der Waals surface area contributed by atoms with E-state index in [2.05, 4.69) is 11.6 Å². The highest BCUT2D eigenvalue weighted by molar-refractivity contribution is 7.89. The minimum absolute atomic E-state index is 0.143. The number of nitrogens with two attached hydrogens (primary N) is 1. The predicted molar refractivity (Wildman–Crippen MR) is 68.1 cm³/mol. The zero-order valence-electron chi connectivity index (χ0n) is 10.2.